The molecule has 1 aliphatic heterocycles. The quantitative estimate of drug-likeness (QED) is 0.721. The zero-order valence-corrected chi connectivity index (χ0v) is 17.4. The Hall–Kier alpha value is -2.01. The fourth-order valence-electron chi connectivity index (χ4n) is 4.68. The van der Waals surface area contributed by atoms with Crippen molar-refractivity contribution in [3.8, 4) is 5.75 Å². The molecule has 5 heteroatoms. The predicted octanol–water partition coefficient (Wildman–Crippen LogP) is 4.08. The molecule has 4 rings (SSSR count). The third-order valence-electron chi connectivity index (χ3n) is 6.36. The van der Waals surface area contributed by atoms with Crippen LogP contribution in [0, 0.1) is 11.8 Å². The second kappa shape index (κ2) is 8.16. The van der Waals surface area contributed by atoms with Gasteiger partial charge in [0, 0.05) is 38.0 Å². The van der Waals surface area contributed by atoms with Crippen molar-refractivity contribution in [2.24, 2.45) is 11.8 Å². The number of carbonyl (C=O) groups is 1. The molecule has 1 aromatic carbocycles. The zero-order valence-electron chi connectivity index (χ0n) is 17.4. The standard InChI is InChI=1S/C23H32N2O3/c1-4-27-20-7-5-6-19-18-9-11-25(15-21(18)28-23(19)20)10-8-16-12-17(13-16)14-22(26)24(2)3/h5-7,16-17H,4,8-15H2,1-3H3. The van der Waals surface area contributed by atoms with Crippen molar-refractivity contribution in [3.05, 3.63) is 29.5 Å². The van der Waals surface area contributed by atoms with Gasteiger partial charge in [-0.1, -0.05) is 12.1 Å². The van der Waals surface area contributed by atoms with Crippen molar-refractivity contribution in [1.82, 2.24) is 9.80 Å². The van der Waals surface area contributed by atoms with Crippen LogP contribution in [0.5, 0.6) is 5.75 Å². The van der Waals surface area contributed by atoms with E-state index in [0.29, 0.717) is 12.5 Å². The van der Waals surface area contributed by atoms with Gasteiger partial charge in [-0.2, -0.15) is 0 Å². The van der Waals surface area contributed by atoms with Crippen LogP contribution >= 0.6 is 0 Å². The van der Waals surface area contributed by atoms with Gasteiger partial charge in [-0.25, -0.2) is 0 Å². The first kappa shape index (κ1) is 19.3. The number of hydrogen-bond donors (Lipinski definition) is 0. The maximum absolute atomic E-state index is 11.8. The Morgan fingerprint density at radius 3 is 2.86 bits per heavy atom. The highest BCUT2D eigenvalue weighted by Crippen LogP contribution is 2.39. The smallest absolute Gasteiger partial charge is 0.222 e. The van der Waals surface area contributed by atoms with E-state index < -0.39 is 0 Å². The first-order valence-electron chi connectivity index (χ1n) is 10.6. The number of benzene rings is 1. The molecule has 0 spiro atoms. The third kappa shape index (κ3) is 3.90. The second-order valence-corrected chi connectivity index (χ2v) is 8.58. The lowest BCUT2D eigenvalue weighted by Crippen LogP contribution is -2.35. The number of furan rings is 1. The summed E-state index contributed by atoms with van der Waals surface area (Å²) in [6.07, 6.45) is 5.41. The Kier molecular flexibility index (Phi) is 5.63. The van der Waals surface area contributed by atoms with Gasteiger partial charge >= 0.3 is 0 Å². The zero-order chi connectivity index (χ0) is 19.7. The fourth-order valence-corrected chi connectivity index (χ4v) is 4.68. The summed E-state index contributed by atoms with van der Waals surface area (Å²) in [5, 5.41) is 1.22. The number of para-hydroxylation sites is 1. The van der Waals surface area contributed by atoms with Crippen LogP contribution in [0.25, 0.3) is 11.0 Å². The van der Waals surface area contributed by atoms with Gasteiger partial charge in [0.2, 0.25) is 5.91 Å². The molecule has 1 aromatic heterocycles. The summed E-state index contributed by atoms with van der Waals surface area (Å²) in [4.78, 5) is 16.0. The molecule has 1 amide bonds. The van der Waals surface area contributed by atoms with Crippen molar-refractivity contribution >= 4 is 16.9 Å². The van der Waals surface area contributed by atoms with Crippen LogP contribution in [0.4, 0.5) is 0 Å². The lowest BCUT2D eigenvalue weighted by molar-refractivity contribution is -0.130. The van der Waals surface area contributed by atoms with Gasteiger partial charge in [-0.15, -0.1) is 0 Å². The number of nitrogens with zero attached hydrogens (tertiary/aromatic N) is 2. The molecule has 0 saturated heterocycles. The van der Waals surface area contributed by atoms with Gasteiger partial charge in [0.1, 0.15) is 5.76 Å². The second-order valence-electron chi connectivity index (χ2n) is 8.58. The molecule has 1 saturated carbocycles. The van der Waals surface area contributed by atoms with Gasteiger partial charge in [0.05, 0.1) is 13.2 Å². The summed E-state index contributed by atoms with van der Waals surface area (Å²) >= 11 is 0. The van der Waals surface area contributed by atoms with Crippen LogP contribution in [-0.2, 0) is 17.8 Å². The Morgan fingerprint density at radius 2 is 2.11 bits per heavy atom. The van der Waals surface area contributed by atoms with E-state index in [2.05, 4.69) is 17.0 Å². The van der Waals surface area contributed by atoms with Crippen molar-refractivity contribution in [1.29, 1.82) is 0 Å². The molecule has 2 aliphatic rings. The summed E-state index contributed by atoms with van der Waals surface area (Å²) < 4.78 is 12.0. The minimum absolute atomic E-state index is 0.267. The average molecular weight is 385 g/mol. The number of rotatable bonds is 7. The Labute approximate surface area is 167 Å². The summed E-state index contributed by atoms with van der Waals surface area (Å²) in [7, 11) is 3.69. The molecule has 5 nitrogen and oxygen atoms in total. The molecule has 2 aromatic rings. The Balaban J connectivity index is 1.30. The number of amides is 1. The minimum atomic E-state index is 0.267. The summed E-state index contributed by atoms with van der Waals surface area (Å²) in [6, 6.07) is 6.20. The van der Waals surface area contributed by atoms with Crippen LogP contribution in [-0.4, -0.2) is 49.5 Å². The van der Waals surface area contributed by atoms with Crippen molar-refractivity contribution < 1.29 is 13.9 Å². The van der Waals surface area contributed by atoms with Crippen molar-refractivity contribution in [2.45, 2.75) is 45.6 Å². The molecule has 1 aliphatic carbocycles. The van der Waals surface area contributed by atoms with E-state index in [9.17, 15) is 4.79 Å². The van der Waals surface area contributed by atoms with Crippen molar-refractivity contribution in [3.63, 3.8) is 0 Å². The van der Waals surface area contributed by atoms with E-state index in [1.807, 2.05) is 27.1 Å². The van der Waals surface area contributed by atoms with E-state index in [4.69, 9.17) is 9.15 Å². The molecule has 152 valence electrons. The molecule has 0 N–H and O–H groups in total. The largest absolute Gasteiger partial charge is 0.490 e. The predicted molar refractivity (Wildman–Crippen MR) is 111 cm³/mol. The normalized spacial score (nSPS) is 22.0. The van der Waals surface area contributed by atoms with Gasteiger partial charge in [-0.05, 0) is 57.1 Å². The molecule has 0 unspecified atom stereocenters. The highest BCUT2D eigenvalue weighted by Gasteiger charge is 2.32. The molecule has 2 heterocycles. The average Bonchev–Trinajstić information content (AvgIpc) is 3.02. The summed E-state index contributed by atoms with van der Waals surface area (Å²) in [6.45, 7) is 5.76. The lowest BCUT2D eigenvalue weighted by atomic mass is 9.71. The topological polar surface area (TPSA) is 45.9 Å². The Morgan fingerprint density at radius 1 is 1.29 bits per heavy atom. The van der Waals surface area contributed by atoms with E-state index >= 15 is 0 Å². The van der Waals surface area contributed by atoms with Crippen LogP contribution < -0.4 is 4.74 Å². The van der Waals surface area contributed by atoms with E-state index in [-0.39, 0.29) is 5.91 Å². The van der Waals surface area contributed by atoms with E-state index in [0.717, 1.165) is 55.5 Å². The molecular formula is C23H32N2O3. The van der Waals surface area contributed by atoms with Crippen LogP contribution in [0.2, 0.25) is 0 Å². The third-order valence-corrected chi connectivity index (χ3v) is 6.36. The van der Waals surface area contributed by atoms with Crippen LogP contribution in [0.15, 0.2) is 22.6 Å². The van der Waals surface area contributed by atoms with E-state index in [1.54, 1.807) is 4.90 Å². The number of ether oxygens (including phenoxy) is 1. The highest BCUT2D eigenvalue weighted by molar-refractivity contribution is 5.87. The molecule has 0 bridgehead atoms. The first-order chi connectivity index (χ1) is 13.5. The molecule has 28 heavy (non-hydrogen) atoms. The molecule has 0 radical (unpaired) electrons. The molecule has 1 fully saturated rings. The SMILES string of the molecule is CCOc1cccc2c3c(oc12)CN(CCC1CC(CC(=O)N(C)C)C1)CC3. The van der Waals surface area contributed by atoms with Gasteiger partial charge in [0.25, 0.3) is 0 Å². The van der Waals surface area contributed by atoms with Gasteiger partial charge in [-0.3, -0.25) is 9.69 Å². The number of hydrogen-bond acceptors (Lipinski definition) is 4. The fraction of sp³-hybridized carbons (Fsp3) is 0.609. The van der Waals surface area contributed by atoms with Crippen LogP contribution in [0.3, 0.4) is 0 Å². The van der Waals surface area contributed by atoms with Gasteiger partial charge in [0.15, 0.2) is 11.3 Å². The Bertz CT molecular complexity index is 836. The van der Waals surface area contributed by atoms with E-state index in [1.165, 1.54) is 30.2 Å². The number of carbonyl (C=O) groups excluding carboxylic acids is 1. The summed E-state index contributed by atoms with van der Waals surface area (Å²) in [5.41, 5.74) is 2.27. The molecular weight excluding hydrogens is 352 g/mol. The summed E-state index contributed by atoms with van der Waals surface area (Å²) in [5.74, 6) is 3.61. The molecule has 0 atom stereocenters. The number of fused-ring (bicyclic) bond motifs is 3. The monoisotopic (exact) mass is 384 g/mol. The maximum Gasteiger partial charge on any atom is 0.222 e. The van der Waals surface area contributed by atoms with Crippen molar-refractivity contribution in [2.75, 3.05) is 33.8 Å². The minimum Gasteiger partial charge on any atom is -0.490 e. The first-order valence-corrected chi connectivity index (χ1v) is 10.6. The van der Waals surface area contributed by atoms with Crippen LogP contribution in [0.1, 0.15) is 43.9 Å². The van der Waals surface area contributed by atoms with Gasteiger partial charge < -0.3 is 14.1 Å². The maximum atomic E-state index is 11.8. The lowest BCUT2D eigenvalue weighted by Gasteiger charge is -2.37. The highest BCUT2D eigenvalue weighted by atomic mass is 16.5.